The van der Waals surface area contributed by atoms with Gasteiger partial charge in [0.25, 0.3) is 0 Å². The monoisotopic (exact) mass is 281 g/mol. The number of nitrogens with one attached hydrogen (secondary N) is 1. The van der Waals surface area contributed by atoms with Crippen molar-refractivity contribution in [3.8, 4) is 5.75 Å². The zero-order valence-electron chi connectivity index (χ0n) is 11.5. The van der Waals surface area contributed by atoms with E-state index in [1.165, 1.54) is 0 Å². The summed E-state index contributed by atoms with van der Waals surface area (Å²) in [7, 11) is 0. The number of ether oxygens (including phenoxy) is 1. The van der Waals surface area contributed by atoms with E-state index in [-0.39, 0.29) is 5.91 Å². The number of aryl methyl sites for hydroxylation is 1. The number of anilines is 1. The molecule has 0 aliphatic carbocycles. The molecular weight excluding hydrogens is 266 g/mol. The fraction of sp³-hybridized carbons (Fsp3) is 0.188. The minimum Gasteiger partial charge on any atom is -0.486 e. The van der Waals surface area contributed by atoms with Crippen molar-refractivity contribution in [2.75, 3.05) is 11.9 Å². The second-order valence-corrected chi connectivity index (χ2v) is 4.67. The Kier molecular flexibility index (Phi) is 3.91. The Morgan fingerprint density at radius 3 is 3.10 bits per heavy atom. The van der Waals surface area contributed by atoms with Crippen molar-refractivity contribution >= 4 is 23.5 Å². The van der Waals surface area contributed by atoms with Crippen LogP contribution in [0.3, 0.4) is 0 Å². The largest absolute Gasteiger partial charge is 0.486 e. The van der Waals surface area contributed by atoms with Crippen LogP contribution in [0.4, 0.5) is 11.4 Å². The maximum absolute atomic E-state index is 11.9. The van der Waals surface area contributed by atoms with Crippen LogP contribution < -0.4 is 10.1 Å². The summed E-state index contributed by atoms with van der Waals surface area (Å²) in [6.45, 7) is 0.489. The van der Waals surface area contributed by atoms with Crippen molar-refractivity contribution in [2.45, 2.75) is 12.8 Å². The predicted octanol–water partition coefficient (Wildman–Crippen LogP) is 2.75. The number of carbonyl (C=O) groups excluding carboxylic acids is 1. The molecule has 2 heterocycles. The van der Waals surface area contributed by atoms with E-state index in [2.05, 4.69) is 15.3 Å². The second kappa shape index (κ2) is 6.17. The lowest BCUT2D eigenvalue weighted by atomic mass is 10.2. The van der Waals surface area contributed by atoms with Gasteiger partial charge in [-0.15, -0.1) is 0 Å². The molecule has 5 nitrogen and oxygen atoms in total. The van der Waals surface area contributed by atoms with E-state index in [1.807, 2.05) is 36.4 Å². The lowest BCUT2D eigenvalue weighted by Gasteiger charge is -2.13. The van der Waals surface area contributed by atoms with E-state index in [1.54, 1.807) is 12.4 Å². The summed E-state index contributed by atoms with van der Waals surface area (Å²) in [5.41, 5.74) is 2.38. The predicted molar refractivity (Wildman–Crippen MR) is 81.3 cm³/mol. The molecule has 0 unspecified atom stereocenters. The SMILES string of the molecule is O=C(CCc1ccccn1)Nc1ccc2c(c1)N=CCO2. The fourth-order valence-electron chi connectivity index (χ4n) is 2.09. The molecule has 1 N–H and O–H groups in total. The van der Waals surface area contributed by atoms with Crippen molar-refractivity contribution in [3.63, 3.8) is 0 Å². The van der Waals surface area contributed by atoms with Gasteiger partial charge in [0.05, 0.1) is 0 Å². The molecule has 3 rings (SSSR count). The average molecular weight is 281 g/mol. The molecule has 2 aromatic rings. The van der Waals surface area contributed by atoms with Crippen molar-refractivity contribution < 1.29 is 9.53 Å². The van der Waals surface area contributed by atoms with Gasteiger partial charge in [-0.1, -0.05) is 6.07 Å². The van der Waals surface area contributed by atoms with Crippen molar-refractivity contribution in [3.05, 3.63) is 48.3 Å². The summed E-state index contributed by atoms with van der Waals surface area (Å²) < 4.78 is 5.42. The number of aliphatic imine (C=N–C) groups is 1. The quantitative estimate of drug-likeness (QED) is 0.937. The summed E-state index contributed by atoms with van der Waals surface area (Å²) in [5, 5.41) is 2.87. The molecule has 1 aromatic carbocycles. The molecule has 1 amide bonds. The molecule has 106 valence electrons. The molecule has 1 aliphatic rings. The number of amides is 1. The molecule has 0 atom stereocenters. The first-order valence-electron chi connectivity index (χ1n) is 6.80. The van der Waals surface area contributed by atoms with Gasteiger partial charge in [-0.05, 0) is 36.8 Å². The van der Waals surface area contributed by atoms with E-state index in [4.69, 9.17) is 4.74 Å². The Labute approximate surface area is 122 Å². The van der Waals surface area contributed by atoms with Crippen molar-refractivity contribution in [1.82, 2.24) is 4.98 Å². The summed E-state index contributed by atoms with van der Waals surface area (Å²) >= 11 is 0. The first kappa shape index (κ1) is 13.3. The number of aromatic nitrogens is 1. The second-order valence-electron chi connectivity index (χ2n) is 4.67. The number of fused-ring (bicyclic) bond motifs is 1. The number of hydrogen-bond donors (Lipinski definition) is 1. The van der Waals surface area contributed by atoms with Gasteiger partial charge in [0.15, 0.2) is 0 Å². The van der Waals surface area contributed by atoms with Gasteiger partial charge in [-0.3, -0.25) is 14.8 Å². The van der Waals surface area contributed by atoms with E-state index < -0.39 is 0 Å². The van der Waals surface area contributed by atoms with Crippen LogP contribution in [-0.2, 0) is 11.2 Å². The summed E-state index contributed by atoms with van der Waals surface area (Å²) in [5.74, 6) is 0.699. The normalized spacial score (nSPS) is 12.4. The van der Waals surface area contributed by atoms with Crippen molar-refractivity contribution in [1.29, 1.82) is 0 Å². The Morgan fingerprint density at radius 2 is 2.24 bits per heavy atom. The zero-order chi connectivity index (χ0) is 14.5. The summed E-state index contributed by atoms with van der Waals surface area (Å²) in [6.07, 6.45) is 4.45. The first-order valence-corrected chi connectivity index (χ1v) is 6.80. The Hall–Kier alpha value is -2.69. The van der Waals surface area contributed by atoms with Crippen LogP contribution in [0.25, 0.3) is 0 Å². The number of nitrogens with zero attached hydrogens (tertiary/aromatic N) is 2. The molecule has 0 saturated heterocycles. The van der Waals surface area contributed by atoms with Gasteiger partial charge in [0.1, 0.15) is 18.0 Å². The lowest BCUT2D eigenvalue weighted by Crippen LogP contribution is -2.13. The van der Waals surface area contributed by atoms with E-state index >= 15 is 0 Å². The molecule has 5 heteroatoms. The highest BCUT2D eigenvalue weighted by Crippen LogP contribution is 2.32. The zero-order valence-corrected chi connectivity index (χ0v) is 11.5. The number of rotatable bonds is 4. The van der Waals surface area contributed by atoms with E-state index in [9.17, 15) is 4.79 Å². The van der Waals surface area contributed by atoms with Crippen LogP contribution in [0.5, 0.6) is 5.75 Å². The highest BCUT2D eigenvalue weighted by molar-refractivity contribution is 5.91. The van der Waals surface area contributed by atoms with Crippen LogP contribution in [0.1, 0.15) is 12.1 Å². The number of pyridine rings is 1. The molecule has 0 bridgehead atoms. The van der Waals surface area contributed by atoms with Crippen LogP contribution in [0.15, 0.2) is 47.6 Å². The molecule has 0 spiro atoms. The van der Waals surface area contributed by atoms with Crippen LogP contribution in [0.2, 0.25) is 0 Å². The molecule has 0 radical (unpaired) electrons. The van der Waals surface area contributed by atoms with E-state index in [0.29, 0.717) is 19.4 Å². The highest BCUT2D eigenvalue weighted by Gasteiger charge is 2.09. The first-order chi connectivity index (χ1) is 10.3. The van der Waals surface area contributed by atoms with Gasteiger partial charge < -0.3 is 10.1 Å². The van der Waals surface area contributed by atoms with Crippen LogP contribution in [0, 0.1) is 0 Å². The Balaban J connectivity index is 1.59. The molecule has 1 aliphatic heterocycles. The molecule has 1 aromatic heterocycles. The topological polar surface area (TPSA) is 63.6 Å². The summed E-state index contributed by atoms with van der Waals surface area (Å²) in [6, 6.07) is 11.1. The Morgan fingerprint density at radius 1 is 1.29 bits per heavy atom. The third-order valence-electron chi connectivity index (χ3n) is 3.12. The highest BCUT2D eigenvalue weighted by atomic mass is 16.5. The number of hydrogen-bond acceptors (Lipinski definition) is 4. The van der Waals surface area contributed by atoms with Crippen LogP contribution in [-0.4, -0.2) is 23.7 Å². The third-order valence-corrected chi connectivity index (χ3v) is 3.12. The van der Waals surface area contributed by atoms with Crippen LogP contribution >= 0.6 is 0 Å². The fourth-order valence-corrected chi connectivity index (χ4v) is 2.09. The third kappa shape index (κ3) is 3.45. The lowest BCUT2D eigenvalue weighted by molar-refractivity contribution is -0.116. The minimum atomic E-state index is -0.0405. The maximum Gasteiger partial charge on any atom is 0.224 e. The van der Waals surface area contributed by atoms with Gasteiger partial charge in [0.2, 0.25) is 5.91 Å². The molecule has 21 heavy (non-hydrogen) atoms. The Bertz CT molecular complexity index is 668. The smallest absolute Gasteiger partial charge is 0.224 e. The average Bonchev–Trinajstić information content (AvgIpc) is 2.54. The standard InChI is InChI=1S/C16H15N3O2/c20-16(7-5-12-3-1-2-8-17-12)19-13-4-6-15-14(11-13)18-9-10-21-15/h1-4,6,8-9,11H,5,7,10H2,(H,19,20). The van der Waals surface area contributed by atoms with Gasteiger partial charge in [-0.2, -0.15) is 0 Å². The van der Waals surface area contributed by atoms with E-state index in [0.717, 1.165) is 22.8 Å². The molecule has 0 fully saturated rings. The molecule has 0 saturated carbocycles. The number of carbonyl (C=O) groups is 1. The molecular formula is C16H15N3O2. The minimum absolute atomic E-state index is 0.0405. The maximum atomic E-state index is 11.9. The number of benzene rings is 1. The van der Waals surface area contributed by atoms with Gasteiger partial charge >= 0.3 is 0 Å². The van der Waals surface area contributed by atoms with Crippen molar-refractivity contribution in [2.24, 2.45) is 4.99 Å². The van der Waals surface area contributed by atoms with Gasteiger partial charge in [-0.25, -0.2) is 0 Å². The summed E-state index contributed by atoms with van der Waals surface area (Å²) in [4.78, 5) is 20.4. The van der Waals surface area contributed by atoms with Gasteiger partial charge in [0, 0.05) is 30.2 Å².